The number of rotatable bonds is 6. The van der Waals surface area contributed by atoms with Crippen LogP contribution in [0.4, 0.5) is 5.69 Å². The van der Waals surface area contributed by atoms with E-state index in [4.69, 9.17) is 14.3 Å². The van der Waals surface area contributed by atoms with Gasteiger partial charge in [-0.25, -0.2) is 4.79 Å². The number of furan rings is 1. The van der Waals surface area contributed by atoms with E-state index in [2.05, 4.69) is 5.32 Å². The van der Waals surface area contributed by atoms with Crippen LogP contribution < -0.4 is 10.1 Å². The number of carboxylic acids is 1. The van der Waals surface area contributed by atoms with E-state index in [9.17, 15) is 14.7 Å². The Bertz CT molecular complexity index is 932. The van der Waals surface area contributed by atoms with E-state index < -0.39 is 11.9 Å². The number of ether oxygens (including phenoxy) is 1. The number of amides is 1. The monoisotopic (exact) mass is 353 g/mol. The fourth-order valence-electron chi connectivity index (χ4n) is 2.23. The van der Waals surface area contributed by atoms with E-state index in [0.717, 1.165) is 6.07 Å². The van der Waals surface area contributed by atoms with Crippen molar-refractivity contribution in [2.75, 3.05) is 5.32 Å². The van der Waals surface area contributed by atoms with Crippen molar-refractivity contribution >= 4 is 17.6 Å². The van der Waals surface area contributed by atoms with Gasteiger partial charge in [0.25, 0.3) is 5.91 Å². The molecular formula is C19H15NO6. The first kappa shape index (κ1) is 17.1. The van der Waals surface area contributed by atoms with Crippen molar-refractivity contribution in [3.05, 3.63) is 77.7 Å². The second-order valence-electron chi connectivity index (χ2n) is 5.36. The molecule has 3 N–H and O–H groups in total. The first-order valence-electron chi connectivity index (χ1n) is 7.67. The number of phenols is 1. The molecule has 0 saturated carbocycles. The molecule has 26 heavy (non-hydrogen) atoms. The molecule has 0 unspecified atom stereocenters. The number of anilines is 1. The van der Waals surface area contributed by atoms with Crippen molar-refractivity contribution in [3.8, 4) is 11.5 Å². The van der Waals surface area contributed by atoms with Crippen molar-refractivity contribution in [1.29, 1.82) is 0 Å². The van der Waals surface area contributed by atoms with Crippen molar-refractivity contribution in [2.24, 2.45) is 0 Å². The number of para-hydroxylation sites is 1. The fraction of sp³-hybridized carbons (Fsp3) is 0.0526. The number of aromatic carboxylic acids is 1. The maximum Gasteiger partial charge on any atom is 0.339 e. The molecule has 7 heteroatoms. The highest BCUT2D eigenvalue weighted by molar-refractivity contribution is 6.03. The Kier molecular flexibility index (Phi) is 4.89. The second-order valence-corrected chi connectivity index (χ2v) is 5.36. The number of benzene rings is 2. The summed E-state index contributed by atoms with van der Waals surface area (Å²) < 4.78 is 11.0. The molecule has 1 aromatic heterocycles. The summed E-state index contributed by atoms with van der Waals surface area (Å²) in [4.78, 5) is 23.2. The maximum absolute atomic E-state index is 12.2. The highest BCUT2D eigenvalue weighted by Gasteiger charge is 2.15. The molecule has 1 heterocycles. The van der Waals surface area contributed by atoms with Crippen LogP contribution in [0.2, 0.25) is 0 Å². The van der Waals surface area contributed by atoms with Crippen LogP contribution in [-0.2, 0) is 6.61 Å². The Hall–Kier alpha value is -3.74. The van der Waals surface area contributed by atoms with Crippen LogP contribution in [0.1, 0.15) is 26.7 Å². The number of hydrogen-bond acceptors (Lipinski definition) is 5. The van der Waals surface area contributed by atoms with Crippen LogP contribution in [0.3, 0.4) is 0 Å². The fourth-order valence-corrected chi connectivity index (χ4v) is 2.23. The zero-order valence-corrected chi connectivity index (χ0v) is 13.5. The SMILES string of the molecule is O=C(Nc1ccc(O)c(C(=O)O)c1)c1ccc(COc2ccccc2)o1. The predicted molar refractivity (Wildman–Crippen MR) is 92.5 cm³/mol. The number of hydrogen-bond donors (Lipinski definition) is 3. The molecule has 0 fully saturated rings. The molecule has 0 aliphatic heterocycles. The summed E-state index contributed by atoms with van der Waals surface area (Å²) in [5.41, 5.74) is -0.0807. The summed E-state index contributed by atoms with van der Waals surface area (Å²) in [6.45, 7) is 0.166. The summed E-state index contributed by atoms with van der Waals surface area (Å²) in [7, 11) is 0. The molecule has 0 bridgehead atoms. The normalized spacial score (nSPS) is 10.3. The summed E-state index contributed by atoms with van der Waals surface area (Å²) in [5, 5.41) is 21.0. The maximum atomic E-state index is 12.2. The third-order valence-corrected chi connectivity index (χ3v) is 3.49. The summed E-state index contributed by atoms with van der Waals surface area (Å²) in [6, 6.07) is 16.1. The van der Waals surface area contributed by atoms with Gasteiger partial charge in [0.1, 0.15) is 29.4 Å². The Labute approximate surface area is 148 Å². The average molecular weight is 353 g/mol. The van der Waals surface area contributed by atoms with E-state index in [1.54, 1.807) is 18.2 Å². The summed E-state index contributed by atoms with van der Waals surface area (Å²) in [6.07, 6.45) is 0. The molecule has 3 rings (SSSR count). The van der Waals surface area contributed by atoms with Gasteiger partial charge in [0, 0.05) is 5.69 Å². The van der Waals surface area contributed by atoms with Gasteiger partial charge in [-0.15, -0.1) is 0 Å². The minimum atomic E-state index is -1.29. The predicted octanol–water partition coefficient (Wildman–Crippen LogP) is 3.51. The standard InChI is InChI=1S/C19H15NO6/c21-16-8-6-12(10-15(16)19(23)24)20-18(22)17-9-7-14(26-17)11-25-13-4-2-1-3-5-13/h1-10,21H,11H2,(H,20,22)(H,23,24). The third-order valence-electron chi connectivity index (χ3n) is 3.49. The zero-order chi connectivity index (χ0) is 18.5. The lowest BCUT2D eigenvalue weighted by Gasteiger charge is -2.06. The lowest BCUT2D eigenvalue weighted by molar-refractivity contribution is 0.0693. The minimum Gasteiger partial charge on any atom is -0.507 e. The van der Waals surface area contributed by atoms with E-state index in [1.165, 1.54) is 18.2 Å². The van der Waals surface area contributed by atoms with Gasteiger partial charge in [0.05, 0.1) is 0 Å². The summed E-state index contributed by atoms with van der Waals surface area (Å²) in [5.74, 6) is -1.01. The Balaban J connectivity index is 1.65. The molecular weight excluding hydrogens is 338 g/mol. The number of aromatic hydroxyl groups is 1. The summed E-state index contributed by atoms with van der Waals surface area (Å²) >= 11 is 0. The highest BCUT2D eigenvalue weighted by Crippen LogP contribution is 2.22. The molecule has 0 aliphatic carbocycles. The Morgan fingerprint density at radius 3 is 2.54 bits per heavy atom. The van der Waals surface area contributed by atoms with Gasteiger partial charge in [-0.2, -0.15) is 0 Å². The van der Waals surface area contributed by atoms with Crippen molar-refractivity contribution in [3.63, 3.8) is 0 Å². The number of carboxylic acid groups (broad SMARTS) is 1. The Morgan fingerprint density at radius 1 is 1.04 bits per heavy atom. The second kappa shape index (κ2) is 7.43. The van der Waals surface area contributed by atoms with Crippen LogP contribution in [0.15, 0.2) is 65.1 Å². The number of carbonyl (C=O) groups is 2. The van der Waals surface area contributed by atoms with Crippen molar-refractivity contribution in [1.82, 2.24) is 0 Å². The zero-order valence-electron chi connectivity index (χ0n) is 13.5. The van der Waals surface area contributed by atoms with Crippen LogP contribution in [-0.4, -0.2) is 22.1 Å². The van der Waals surface area contributed by atoms with Crippen LogP contribution in [0.5, 0.6) is 11.5 Å². The number of nitrogens with one attached hydrogen (secondary N) is 1. The topological polar surface area (TPSA) is 109 Å². The van der Waals surface area contributed by atoms with E-state index in [-0.39, 0.29) is 29.4 Å². The van der Waals surface area contributed by atoms with Crippen LogP contribution >= 0.6 is 0 Å². The lowest BCUT2D eigenvalue weighted by Crippen LogP contribution is -2.11. The van der Waals surface area contributed by atoms with Gasteiger partial charge >= 0.3 is 5.97 Å². The smallest absolute Gasteiger partial charge is 0.339 e. The third kappa shape index (κ3) is 4.02. The van der Waals surface area contributed by atoms with Gasteiger partial charge in [-0.1, -0.05) is 18.2 Å². The molecule has 0 aliphatic rings. The quantitative estimate of drug-likeness (QED) is 0.585. The largest absolute Gasteiger partial charge is 0.507 e. The number of carbonyl (C=O) groups excluding carboxylic acids is 1. The molecule has 7 nitrogen and oxygen atoms in total. The van der Waals surface area contributed by atoms with Crippen molar-refractivity contribution in [2.45, 2.75) is 6.61 Å². The van der Waals surface area contributed by atoms with Crippen LogP contribution in [0, 0.1) is 0 Å². The Morgan fingerprint density at radius 2 is 1.81 bits per heavy atom. The highest BCUT2D eigenvalue weighted by atomic mass is 16.5. The van der Waals surface area contributed by atoms with Gasteiger partial charge in [-0.3, -0.25) is 4.79 Å². The molecule has 1 amide bonds. The van der Waals surface area contributed by atoms with Crippen LogP contribution in [0.25, 0.3) is 0 Å². The molecule has 2 aromatic carbocycles. The molecule has 132 valence electrons. The molecule has 0 atom stereocenters. The van der Waals surface area contributed by atoms with E-state index >= 15 is 0 Å². The van der Waals surface area contributed by atoms with Gasteiger partial charge in [-0.05, 0) is 42.5 Å². The van der Waals surface area contributed by atoms with Gasteiger partial charge < -0.3 is 24.7 Å². The first-order chi connectivity index (χ1) is 12.5. The molecule has 3 aromatic rings. The van der Waals surface area contributed by atoms with Gasteiger partial charge in [0.15, 0.2) is 5.76 Å². The lowest BCUT2D eigenvalue weighted by atomic mass is 10.2. The molecule has 0 saturated heterocycles. The first-order valence-corrected chi connectivity index (χ1v) is 7.67. The minimum absolute atomic E-state index is 0.0570. The van der Waals surface area contributed by atoms with Gasteiger partial charge in [0.2, 0.25) is 0 Å². The van der Waals surface area contributed by atoms with E-state index in [0.29, 0.717) is 11.5 Å². The molecule has 0 spiro atoms. The molecule has 0 radical (unpaired) electrons. The van der Waals surface area contributed by atoms with E-state index in [1.807, 2.05) is 18.2 Å². The van der Waals surface area contributed by atoms with Crippen molar-refractivity contribution < 1.29 is 29.0 Å². The average Bonchev–Trinajstić information content (AvgIpc) is 3.11.